The van der Waals surface area contributed by atoms with Crippen molar-refractivity contribution in [3.63, 3.8) is 0 Å². The Morgan fingerprint density at radius 3 is 1.89 bits per heavy atom. The number of rotatable bonds is 5. The molecule has 0 amide bonds. The molecular formula is C33H28BNO2. The summed E-state index contributed by atoms with van der Waals surface area (Å²) in [6, 6.07) is 41.6. The van der Waals surface area contributed by atoms with Gasteiger partial charge in [0, 0.05) is 22.2 Å². The van der Waals surface area contributed by atoms with E-state index in [0.717, 1.165) is 28.2 Å². The second-order valence-corrected chi connectivity index (χ2v) is 10.1. The lowest BCUT2D eigenvalue weighted by Gasteiger charge is -2.30. The number of benzene rings is 5. The number of fused-ring (bicyclic) bond motifs is 3. The minimum absolute atomic E-state index is 0.114. The lowest BCUT2D eigenvalue weighted by Crippen LogP contribution is -2.29. The summed E-state index contributed by atoms with van der Waals surface area (Å²) in [7, 11) is -1.51. The molecule has 0 bridgehead atoms. The van der Waals surface area contributed by atoms with Gasteiger partial charge in [-0.25, -0.2) is 0 Å². The maximum absolute atomic E-state index is 9.72. The average Bonchev–Trinajstić information content (AvgIpc) is 3.17. The molecule has 4 heteroatoms. The van der Waals surface area contributed by atoms with E-state index in [1.54, 1.807) is 12.1 Å². The smallest absolute Gasteiger partial charge is 0.423 e. The molecule has 0 heterocycles. The molecule has 0 atom stereocenters. The molecule has 1 aliphatic rings. The summed E-state index contributed by atoms with van der Waals surface area (Å²) in [6.45, 7) is 4.59. The van der Waals surface area contributed by atoms with Crippen molar-refractivity contribution in [1.29, 1.82) is 0 Å². The van der Waals surface area contributed by atoms with E-state index in [1.165, 1.54) is 22.3 Å². The van der Waals surface area contributed by atoms with Crippen LogP contribution < -0.4 is 10.4 Å². The minimum atomic E-state index is -1.51. The van der Waals surface area contributed by atoms with Crippen molar-refractivity contribution >= 4 is 29.6 Å². The van der Waals surface area contributed by atoms with Gasteiger partial charge in [-0.3, -0.25) is 0 Å². The summed E-state index contributed by atoms with van der Waals surface area (Å²) in [5.74, 6) is 0. The molecule has 5 aromatic carbocycles. The van der Waals surface area contributed by atoms with Crippen molar-refractivity contribution in [2.24, 2.45) is 0 Å². The Bertz CT molecular complexity index is 1580. The van der Waals surface area contributed by atoms with Crippen LogP contribution in [0.25, 0.3) is 22.3 Å². The van der Waals surface area contributed by atoms with Crippen LogP contribution in [-0.4, -0.2) is 17.2 Å². The van der Waals surface area contributed by atoms with Crippen LogP contribution in [-0.2, 0) is 5.41 Å². The van der Waals surface area contributed by atoms with Crippen LogP contribution in [0.2, 0.25) is 0 Å². The van der Waals surface area contributed by atoms with Crippen molar-refractivity contribution < 1.29 is 10.0 Å². The second-order valence-electron chi connectivity index (χ2n) is 10.1. The van der Waals surface area contributed by atoms with Crippen molar-refractivity contribution in [2.75, 3.05) is 4.90 Å². The minimum Gasteiger partial charge on any atom is -0.423 e. The molecule has 0 fully saturated rings. The number of hydrogen-bond donors (Lipinski definition) is 2. The largest absolute Gasteiger partial charge is 0.488 e. The van der Waals surface area contributed by atoms with E-state index in [2.05, 4.69) is 110 Å². The molecule has 0 saturated carbocycles. The molecule has 0 radical (unpaired) electrons. The van der Waals surface area contributed by atoms with Crippen molar-refractivity contribution in [3.05, 3.63) is 132 Å². The van der Waals surface area contributed by atoms with Gasteiger partial charge < -0.3 is 14.9 Å². The van der Waals surface area contributed by atoms with Crippen molar-refractivity contribution in [1.82, 2.24) is 0 Å². The standard InChI is InChI=1S/C33H28BNO2/c1-33(2)28-15-8-6-14-27(28)32-29(33)16-10-18-31(32)35(25-21-19-24(20-22-25)34(36)37)30-17-9-7-13-26(30)23-11-4-3-5-12-23/h3-22,36-37H,1-2H3. The quantitative estimate of drug-likeness (QED) is 0.271. The van der Waals surface area contributed by atoms with E-state index < -0.39 is 7.12 Å². The zero-order chi connectivity index (χ0) is 25.6. The third kappa shape index (κ3) is 3.86. The van der Waals surface area contributed by atoms with Gasteiger partial charge >= 0.3 is 7.12 Å². The third-order valence-electron chi connectivity index (χ3n) is 7.51. The van der Waals surface area contributed by atoms with E-state index in [-0.39, 0.29) is 5.41 Å². The second kappa shape index (κ2) is 9.08. The predicted octanol–water partition coefficient (Wildman–Crippen LogP) is 6.81. The highest BCUT2D eigenvalue weighted by Gasteiger charge is 2.37. The van der Waals surface area contributed by atoms with Crippen molar-refractivity contribution in [3.8, 4) is 22.3 Å². The van der Waals surface area contributed by atoms with Gasteiger partial charge in [-0.05, 0) is 52.0 Å². The predicted molar refractivity (Wildman–Crippen MR) is 154 cm³/mol. The van der Waals surface area contributed by atoms with E-state index in [1.807, 2.05) is 18.2 Å². The van der Waals surface area contributed by atoms with Gasteiger partial charge in [-0.1, -0.05) is 111 Å². The third-order valence-corrected chi connectivity index (χ3v) is 7.51. The zero-order valence-electron chi connectivity index (χ0n) is 21.0. The highest BCUT2D eigenvalue weighted by molar-refractivity contribution is 6.58. The van der Waals surface area contributed by atoms with Gasteiger partial charge in [-0.15, -0.1) is 0 Å². The van der Waals surface area contributed by atoms with Crippen LogP contribution in [0.15, 0.2) is 121 Å². The molecule has 0 aliphatic heterocycles. The molecule has 0 spiro atoms. The number of para-hydroxylation sites is 1. The Balaban J connectivity index is 1.65. The van der Waals surface area contributed by atoms with Crippen LogP contribution in [0.1, 0.15) is 25.0 Å². The molecule has 6 rings (SSSR count). The van der Waals surface area contributed by atoms with Gasteiger partial charge in [0.05, 0.1) is 11.4 Å². The Morgan fingerprint density at radius 1 is 0.568 bits per heavy atom. The van der Waals surface area contributed by atoms with E-state index in [4.69, 9.17) is 0 Å². The Hall–Kier alpha value is -4.12. The summed E-state index contributed by atoms with van der Waals surface area (Å²) < 4.78 is 0. The molecule has 1 aliphatic carbocycles. The first-order chi connectivity index (χ1) is 18.0. The van der Waals surface area contributed by atoms with Gasteiger partial charge in [0.2, 0.25) is 0 Å². The molecule has 5 aromatic rings. The fourth-order valence-electron chi connectivity index (χ4n) is 5.66. The van der Waals surface area contributed by atoms with Gasteiger partial charge in [-0.2, -0.15) is 0 Å². The first kappa shape index (κ1) is 23.3. The lowest BCUT2D eigenvalue weighted by molar-refractivity contribution is 0.426. The lowest BCUT2D eigenvalue weighted by atomic mass is 9.80. The monoisotopic (exact) mass is 481 g/mol. The number of nitrogens with zero attached hydrogens (tertiary/aromatic N) is 1. The van der Waals surface area contributed by atoms with Crippen LogP contribution in [0.5, 0.6) is 0 Å². The molecule has 180 valence electrons. The maximum atomic E-state index is 9.72. The Labute approximate surface area is 218 Å². The summed E-state index contributed by atoms with van der Waals surface area (Å²) in [5, 5.41) is 19.4. The van der Waals surface area contributed by atoms with E-state index in [9.17, 15) is 10.0 Å². The van der Waals surface area contributed by atoms with Gasteiger partial charge in [0.1, 0.15) is 0 Å². The highest BCUT2D eigenvalue weighted by Crippen LogP contribution is 2.54. The summed E-state index contributed by atoms with van der Waals surface area (Å²) >= 11 is 0. The molecule has 3 nitrogen and oxygen atoms in total. The summed E-state index contributed by atoms with van der Waals surface area (Å²) in [4.78, 5) is 2.30. The van der Waals surface area contributed by atoms with Gasteiger partial charge in [0.15, 0.2) is 0 Å². The number of anilines is 3. The molecule has 2 N–H and O–H groups in total. The highest BCUT2D eigenvalue weighted by atomic mass is 16.4. The normalized spacial score (nSPS) is 13.1. The van der Waals surface area contributed by atoms with Crippen LogP contribution in [0.3, 0.4) is 0 Å². The fraction of sp³-hybridized carbons (Fsp3) is 0.0909. The number of hydrogen-bond acceptors (Lipinski definition) is 3. The molecule has 0 saturated heterocycles. The van der Waals surface area contributed by atoms with E-state index >= 15 is 0 Å². The van der Waals surface area contributed by atoms with Crippen LogP contribution in [0.4, 0.5) is 17.1 Å². The first-order valence-corrected chi connectivity index (χ1v) is 12.6. The summed E-state index contributed by atoms with van der Waals surface area (Å²) in [6.07, 6.45) is 0. The molecular weight excluding hydrogens is 453 g/mol. The van der Waals surface area contributed by atoms with E-state index in [0.29, 0.717) is 5.46 Å². The topological polar surface area (TPSA) is 43.7 Å². The van der Waals surface area contributed by atoms with Crippen LogP contribution in [0, 0.1) is 0 Å². The maximum Gasteiger partial charge on any atom is 0.488 e. The molecule has 0 aromatic heterocycles. The Morgan fingerprint density at radius 2 is 1.16 bits per heavy atom. The SMILES string of the molecule is CC1(C)c2ccccc2-c2c(N(c3ccc(B(O)O)cc3)c3ccccc3-c3ccccc3)cccc21. The average molecular weight is 481 g/mol. The van der Waals surface area contributed by atoms with Crippen molar-refractivity contribution in [2.45, 2.75) is 19.3 Å². The zero-order valence-corrected chi connectivity index (χ0v) is 21.0. The van der Waals surface area contributed by atoms with Crippen LogP contribution >= 0.6 is 0 Å². The van der Waals surface area contributed by atoms with Gasteiger partial charge in [0.25, 0.3) is 0 Å². The molecule has 37 heavy (non-hydrogen) atoms. The fourth-order valence-corrected chi connectivity index (χ4v) is 5.66. The summed E-state index contributed by atoms with van der Waals surface area (Å²) in [5.41, 5.74) is 10.8. The Kier molecular flexibility index (Phi) is 5.71. The molecule has 0 unspecified atom stereocenters. The first-order valence-electron chi connectivity index (χ1n) is 12.6.